The van der Waals surface area contributed by atoms with E-state index in [2.05, 4.69) is 12.2 Å². The molecule has 0 saturated carbocycles. The fourth-order valence-electron chi connectivity index (χ4n) is 4.12. The second kappa shape index (κ2) is 10.4. The van der Waals surface area contributed by atoms with Crippen LogP contribution in [0.5, 0.6) is 0 Å². The maximum Gasteiger partial charge on any atom is 0.341 e. The summed E-state index contributed by atoms with van der Waals surface area (Å²) in [5.41, 5.74) is 2.51. The Labute approximate surface area is 197 Å². The summed E-state index contributed by atoms with van der Waals surface area (Å²) in [7, 11) is 1.40. The smallest absolute Gasteiger partial charge is 0.341 e. The van der Waals surface area contributed by atoms with Crippen LogP contribution in [0.1, 0.15) is 51.4 Å². The maximum atomic E-state index is 13.5. The van der Waals surface area contributed by atoms with Crippen molar-refractivity contribution in [1.82, 2.24) is 0 Å². The summed E-state index contributed by atoms with van der Waals surface area (Å²) in [6.07, 6.45) is 3.99. The Morgan fingerprint density at radius 1 is 1.12 bits per heavy atom. The molecule has 1 aliphatic rings. The fraction of sp³-hybridized carbons (Fsp3) is 0.308. The van der Waals surface area contributed by atoms with E-state index in [-0.39, 0.29) is 11.9 Å². The van der Waals surface area contributed by atoms with Gasteiger partial charge in [0, 0.05) is 9.77 Å². The molecule has 2 unspecified atom stereocenters. The molecule has 1 heterocycles. The molecule has 0 fully saturated rings. The lowest BCUT2D eigenvalue weighted by Crippen LogP contribution is -2.20. The number of esters is 1. The molecule has 1 amide bonds. The lowest BCUT2D eigenvalue weighted by atomic mass is 9.85. The molecule has 1 N–H and O–H groups in total. The van der Waals surface area contributed by atoms with Crippen LogP contribution in [0.4, 0.5) is 5.00 Å². The number of fused-ring (bicyclic) bond motifs is 1. The molecular formula is C26H27NO3S2. The number of thioether (sulfide) groups is 1. The number of benzene rings is 2. The van der Waals surface area contributed by atoms with Gasteiger partial charge in [-0.1, -0.05) is 61.9 Å². The maximum absolute atomic E-state index is 13.5. The van der Waals surface area contributed by atoms with E-state index in [1.165, 1.54) is 35.1 Å². The summed E-state index contributed by atoms with van der Waals surface area (Å²) in [5.74, 6) is 0.112. The normalized spacial score (nSPS) is 16.1. The van der Waals surface area contributed by atoms with Crippen LogP contribution in [0.25, 0.3) is 0 Å². The summed E-state index contributed by atoms with van der Waals surface area (Å²) in [6, 6.07) is 19.7. The van der Waals surface area contributed by atoms with Gasteiger partial charge in [0.25, 0.3) is 0 Å². The zero-order chi connectivity index (χ0) is 22.5. The van der Waals surface area contributed by atoms with Crippen molar-refractivity contribution in [2.75, 3.05) is 12.4 Å². The van der Waals surface area contributed by atoms with Gasteiger partial charge in [-0.3, -0.25) is 4.79 Å². The first-order valence-corrected chi connectivity index (χ1v) is 12.6. The largest absolute Gasteiger partial charge is 0.465 e. The molecule has 0 radical (unpaired) electrons. The molecule has 166 valence electrons. The van der Waals surface area contributed by atoms with Gasteiger partial charge < -0.3 is 10.1 Å². The van der Waals surface area contributed by atoms with Crippen molar-refractivity contribution >= 4 is 40.0 Å². The summed E-state index contributed by atoms with van der Waals surface area (Å²) in [4.78, 5) is 28.4. The molecule has 0 saturated heterocycles. The molecule has 1 aromatic heterocycles. The van der Waals surface area contributed by atoms with E-state index in [1.807, 2.05) is 60.7 Å². The average Bonchev–Trinajstić information content (AvgIpc) is 3.19. The van der Waals surface area contributed by atoms with Gasteiger partial charge in [0.1, 0.15) is 10.3 Å². The van der Waals surface area contributed by atoms with Gasteiger partial charge in [-0.25, -0.2) is 4.79 Å². The van der Waals surface area contributed by atoms with E-state index in [0.717, 1.165) is 41.7 Å². The minimum Gasteiger partial charge on any atom is -0.465 e. The predicted molar refractivity (Wildman–Crippen MR) is 132 cm³/mol. The van der Waals surface area contributed by atoms with Crippen molar-refractivity contribution < 1.29 is 14.3 Å². The van der Waals surface area contributed by atoms with Crippen LogP contribution < -0.4 is 5.32 Å². The summed E-state index contributed by atoms with van der Waals surface area (Å²) in [6.45, 7) is 2.21. The zero-order valence-electron chi connectivity index (χ0n) is 18.3. The van der Waals surface area contributed by atoms with Gasteiger partial charge in [0.2, 0.25) is 5.91 Å². The van der Waals surface area contributed by atoms with E-state index < -0.39 is 5.25 Å². The van der Waals surface area contributed by atoms with Crippen LogP contribution >= 0.6 is 23.1 Å². The minimum absolute atomic E-state index is 0.138. The first kappa shape index (κ1) is 22.6. The highest BCUT2D eigenvalue weighted by Crippen LogP contribution is 2.42. The molecule has 3 aromatic rings. The molecule has 4 rings (SSSR count). The van der Waals surface area contributed by atoms with Gasteiger partial charge >= 0.3 is 5.97 Å². The van der Waals surface area contributed by atoms with Gasteiger partial charge in [-0.05, 0) is 48.4 Å². The highest BCUT2D eigenvalue weighted by Gasteiger charge is 2.31. The number of rotatable bonds is 7. The Balaban J connectivity index is 1.66. The molecular weight excluding hydrogens is 438 g/mol. The number of hydrogen-bond acceptors (Lipinski definition) is 5. The Kier molecular flexibility index (Phi) is 7.33. The number of nitrogens with one attached hydrogen (secondary N) is 1. The van der Waals surface area contributed by atoms with Crippen LogP contribution in [-0.2, 0) is 22.4 Å². The Bertz CT molecular complexity index is 1080. The van der Waals surface area contributed by atoms with Crippen molar-refractivity contribution in [3.63, 3.8) is 0 Å². The number of thiophene rings is 1. The van der Waals surface area contributed by atoms with Gasteiger partial charge in [0.15, 0.2) is 0 Å². The van der Waals surface area contributed by atoms with Crippen molar-refractivity contribution in [1.29, 1.82) is 0 Å². The minimum atomic E-state index is -0.438. The van der Waals surface area contributed by atoms with Crippen LogP contribution in [-0.4, -0.2) is 19.0 Å². The first-order chi connectivity index (χ1) is 15.6. The van der Waals surface area contributed by atoms with E-state index in [9.17, 15) is 9.59 Å². The zero-order valence-corrected chi connectivity index (χ0v) is 19.9. The van der Waals surface area contributed by atoms with E-state index >= 15 is 0 Å². The van der Waals surface area contributed by atoms with Crippen molar-refractivity contribution in [3.8, 4) is 0 Å². The molecule has 0 aliphatic heterocycles. The van der Waals surface area contributed by atoms with Gasteiger partial charge in [0.05, 0.1) is 12.7 Å². The Hall–Kier alpha value is -2.57. The van der Waals surface area contributed by atoms with E-state index in [0.29, 0.717) is 16.5 Å². The Morgan fingerprint density at radius 3 is 2.47 bits per heavy atom. The summed E-state index contributed by atoms with van der Waals surface area (Å²) >= 11 is 3.03. The quantitative estimate of drug-likeness (QED) is 0.319. The number of anilines is 1. The third-order valence-electron chi connectivity index (χ3n) is 5.91. The highest BCUT2D eigenvalue weighted by molar-refractivity contribution is 8.00. The van der Waals surface area contributed by atoms with E-state index in [4.69, 9.17) is 4.74 Å². The molecule has 0 spiro atoms. The predicted octanol–water partition coefficient (Wildman–Crippen LogP) is 6.52. The summed E-state index contributed by atoms with van der Waals surface area (Å²) in [5, 5.41) is 3.26. The number of hydrogen-bond donors (Lipinski definition) is 1. The molecule has 2 aromatic carbocycles. The third kappa shape index (κ3) is 4.92. The van der Waals surface area contributed by atoms with Crippen LogP contribution in [0.2, 0.25) is 0 Å². The molecule has 6 heteroatoms. The number of carbonyl (C=O) groups is 2. The molecule has 2 atom stereocenters. The van der Waals surface area contributed by atoms with Gasteiger partial charge in [-0.15, -0.1) is 23.1 Å². The van der Waals surface area contributed by atoms with Crippen molar-refractivity contribution in [2.24, 2.45) is 5.92 Å². The highest BCUT2D eigenvalue weighted by atomic mass is 32.2. The van der Waals surface area contributed by atoms with Crippen LogP contribution in [0, 0.1) is 5.92 Å². The van der Waals surface area contributed by atoms with Crippen LogP contribution in [0.15, 0.2) is 65.6 Å². The Morgan fingerprint density at radius 2 is 1.81 bits per heavy atom. The first-order valence-electron chi connectivity index (χ1n) is 10.9. The number of ether oxygens (including phenoxy) is 1. The van der Waals surface area contributed by atoms with Gasteiger partial charge in [-0.2, -0.15) is 0 Å². The number of methoxy groups -OCH3 is 1. The second-order valence-electron chi connectivity index (χ2n) is 7.93. The molecule has 32 heavy (non-hydrogen) atoms. The van der Waals surface area contributed by atoms with Crippen molar-refractivity contribution in [2.45, 2.75) is 42.8 Å². The average molecular weight is 466 g/mol. The number of carbonyl (C=O) groups excluding carboxylic acids is 2. The molecule has 4 nitrogen and oxygen atoms in total. The molecule has 0 bridgehead atoms. The monoisotopic (exact) mass is 465 g/mol. The van der Waals surface area contributed by atoms with Crippen molar-refractivity contribution in [3.05, 3.63) is 82.2 Å². The lowest BCUT2D eigenvalue weighted by Gasteiger charge is -2.20. The topological polar surface area (TPSA) is 55.4 Å². The lowest BCUT2D eigenvalue weighted by molar-refractivity contribution is -0.115. The second-order valence-corrected chi connectivity index (χ2v) is 10.2. The standard InChI is InChI=1S/C26H27NO3S2/c1-3-17-14-15-20-21(16-17)32-25(22(20)26(29)30-2)27-24(28)23(18-10-6-4-7-11-18)31-19-12-8-5-9-13-19/h4-13,17,23H,3,14-16H2,1-2H3,(H,27,28). The SMILES string of the molecule is CCC1CCc2c(sc(NC(=O)C(Sc3ccccc3)c3ccccc3)c2C(=O)OC)C1. The third-order valence-corrected chi connectivity index (χ3v) is 8.34. The number of amides is 1. The van der Waals surface area contributed by atoms with Crippen LogP contribution in [0.3, 0.4) is 0 Å². The van der Waals surface area contributed by atoms with E-state index in [1.54, 1.807) is 0 Å². The molecule has 1 aliphatic carbocycles. The fourth-order valence-corrected chi connectivity index (χ4v) is 6.52. The summed E-state index contributed by atoms with van der Waals surface area (Å²) < 4.78 is 5.09.